The predicted molar refractivity (Wildman–Crippen MR) is 45.3 cm³/mol. The van der Waals surface area contributed by atoms with Gasteiger partial charge < -0.3 is 10.1 Å². The van der Waals surface area contributed by atoms with Crippen molar-refractivity contribution in [3.05, 3.63) is 17.3 Å². The Bertz CT molecular complexity index is 252. The van der Waals surface area contributed by atoms with Crippen LogP contribution < -0.4 is 10.1 Å². The lowest BCUT2D eigenvalue weighted by atomic mass is 10.4. The normalized spacial score (nSPS) is 9.36. The Morgan fingerprint density at radius 2 is 2.36 bits per heavy atom. The minimum Gasteiger partial charge on any atom is -0.491 e. The summed E-state index contributed by atoms with van der Waals surface area (Å²) in [7, 11) is 3.32. The minimum absolute atomic E-state index is 0.562. The molecule has 0 bridgehead atoms. The predicted octanol–water partition coefficient (Wildman–Crippen LogP) is 1.79. The van der Waals surface area contributed by atoms with Crippen LogP contribution in [-0.2, 0) is 0 Å². The summed E-state index contributed by atoms with van der Waals surface area (Å²) in [6.07, 6.45) is 1.62. The van der Waals surface area contributed by atoms with E-state index in [-0.39, 0.29) is 0 Å². The molecule has 0 radical (unpaired) electrons. The van der Waals surface area contributed by atoms with Gasteiger partial charge >= 0.3 is 0 Å². The highest BCUT2D eigenvalue weighted by molar-refractivity contribution is 6.32. The maximum absolute atomic E-state index is 5.80. The molecular formula is C7H9ClN2O. The first-order valence-electron chi connectivity index (χ1n) is 3.16. The van der Waals surface area contributed by atoms with Crippen molar-refractivity contribution in [2.45, 2.75) is 0 Å². The number of rotatable bonds is 2. The molecule has 0 saturated heterocycles. The van der Waals surface area contributed by atoms with Crippen molar-refractivity contribution in [2.24, 2.45) is 0 Å². The first-order valence-corrected chi connectivity index (χ1v) is 3.53. The zero-order chi connectivity index (χ0) is 8.27. The molecule has 1 aromatic heterocycles. The number of aromatic nitrogens is 1. The van der Waals surface area contributed by atoms with Crippen LogP contribution in [0.4, 0.5) is 5.82 Å². The van der Waals surface area contributed by atoms with Gasteiger partial charge in [0.15, 0.2) is 11.6 Å². The molecule has 0 aliphatic carbocycles. The lowest BCUT2D eigenvalue weighted by Gasteiger charge is -2.06. The zero-order valence-electron chi connectivity index (χ0n) is 6.39. The van der Waals surface area contributed by atoms with E-state index in [1.807, 2.05) is 0 Å². The van der Waals surface area contributed by atoms with Crippen molar-refractivity contribution >= 4 is 17.4 Å². The lowest BCUT2D eigenvalue weighted by Crippen LogP contribution is -1.96. The molecule has 11 heavy (non-hydrogen) atoms. The van der Waals surface area contributed by atoms with E-state index in [0.29, 0.717) is 16.6 Å². The molecule has 0 aliphatic rings. The van der Waals surface area contributed by atoms with E-state index in [1.165, 1.54) is 0 Å². The molecule has 3 nitrogen and oxygen atoms in total. The smallest absolute Gasteiger partial charge is 0.179 e. The van der Waals surface area contributed by atoms with Crippen LogP contribution in [0.1, 0.15) is 0 Å². The standard InChI is InChI=1S/C7H9ClN2O/c1-9-7-6(11-2)5(8)3-4-10-7/h3-4H,1-2H3,(H,9,10). The SMILES string of the molecule is CNc1nccc(Cl)c1OC. The number of ether oxygens (including phenoxy) is 1. The Morgan fingerprint density at radius 3 is 2.82 bits per heavy atom. The fourth-order valence-corrected chi connectivity index (χ4v) is 1.02. The second kappa shape index (κ2) is 3.44. The largest absolute Gasteiger partial charge is 0.491 e. The summed E-state index contributed by atoms with van der Waals surface area (Å²) in [5, 5.41) is 3.43. The van der Waals surface area contributed by atoms with Crippen molar-refractivity contribution in [3.8, 4) is 5.75 Å². The molecule has 0 unspecified atom stereocenters. The molecule has 0 aromatic carbocycles. The first-order chi connectivity index (χ1) is 5.29. The fourth-order valence-electron chi connectivity index (χ4n) is 0.797. The number of halogens is 1. The van der Waals surface area contributed by atoms with Gasteiger partial charge in [-0.3, -0.25) is 0 Å². The minimum atomic E-state index is 0.562. The van der Waals surface area contributed by atoms with Gasteiger partial charge in [0.05, 0.1) is 12.1 Å². The average molecular weight is 173 g/mol. The van der Waals surface area contributed by atoms with E-state index in [2.05, 4.69) is 10.3 Å². The molecule has 0 aliphatic heterocycles. The van der Waals surface area contributed by atoms with Gasteiger partial charge in [-0.1, -0.05) is 11.6 Å². The number of methoxy groups -OCH3 is 1. The number of hydrogen-bond acceptors (Lipinski definition) is 3. The summed E-state index contributed by atoms with van der Waals surface area (Å²) < 4.78 is 5.01. The second-order valence-electron chi connectivity index (χ2n) is 1.92. The Labute approximate surface area is 70.3 Å². The Hall–Kier alpha value is -0.960. The third kappa shape index (κ3) is 1.54. The van der Waals surface area contributed by atoms with Gasteiger partial charge in [0.25, 0.3) is 0 Å². The Morgan fingerprint density at radius 1 is 1.64 bits per heavy atom. The van der Waals surface area contributed by atoms with Crippen molar-refractivity contribution < 1.29 is 4.74 Å². The Kier molecular flexibility index (Phi) is 2.54. The van der Waals surface area contributed by atoms with Crippen LogP contribution in [0.25, 0.3) is 0 Å². The molecule has 1 aromatic rings. The van der Waals surface area contributed by atoms with Crippen LogP contribution in [0.3, 0.4) is 0 Å². The quantitative estimate of drug-likeness (QED) is 0.739. The van der Waals surface area contributed by atoms with Crippen LogP contribution >= 0.6 is 11.6 Å². The second-order valence-corrected chi connectivity index (χ2v) is 2.33. The number of hydrogen-bond donors (Lipinski definition) is 1. The number of nitrogens with one attached hydrogen (secondary N) is 1. The average Bonchev–Trinajstić information content (AvgIpc) is 2.04. The van der Waals surface area contributed by atoms with Gasteiger partial charge in [-0.05, 0) is 6.07 Å². The fraction of sp³-hybridized carbons (Fsp3) is 0.286. The highest BCUT2D eigenvalue weighted by atomic mass is 35.5. The molecule has 0 amide bonds. The van der Waals surface area contributed by atoms with Crippen LogP contribution in [0.15, 0.2) is 12.3 Å². The summed E-state index contributed by atoms with van der Waals surface area (Å²) in [6.45, 7) is 0. The third-order valence-electron chi connectivity index (χ3n) is 1.30. The number of nitrogens with zero attached hydrogens (tertiary/aromatic N) is 1. The molecule has 4 heteroatoms. The van der Waals surface area contributed by atoms with Crippen LogP contribution in [0.2, 0.25) is 5.02 Å². The van der Waals surface area contributed by atoms with Gasteiger partial charge in [0.1, 0.15) is 0 Å². The summed E-state index contributed by atoms with van der Waals surface area (Å²) in [4.78, 5) is 4.01. The van der Waals surface area contributed by atoms with Gasteiger partial charge in [-0.25, -0.2) is 4.98 Å². The molecule has 60 valence electrons. The van der Waals surface area contributed by atoms with E-state index in [1.54, 1.807) is 26.4 Å². The molecule has 0 saturated carbocycles. The maximum Gasteiger partial charge on any atom is 0.179 e. The van der Waals surface area contributed by atoms with Crippen molar-refractivity contribution in [2.75, 3.05) is 19.5 Å². The van der Waals surface area contributed by atoms with Crippen molar-refractivity contribution in [1.82, 2.24) is 4.98 Å². The van der Waals surface area contributed by atoms with Crippen molar-refractivity contribution in [1.29, 1.82) is 0 Å². The van der Waals surface area contributed by atoms with E-state index >= 15 is 0 Å². The molecule has 1 rings (SSSR count). The van der Waals surface area contributed by atoms with E-state index in [9.17, 15) is 0 Å². The molecular weight excluding hydrogens is 164 g/mol. The molecule has 0 fully saturated rings. The monoisotopic (exact) mass is 172 g/mol. The van der Waals surface area contributed by atoms with E-state index < -0.39 is 0 Å². The van der Waals surface area contributed by atoms with Gasteiger partial charge in [0.2, 0.25) is 0 Å². The first kappa shape index (κ1) is 8.14. The van der Waals surface area contributed by atoms with Crippen molar-refractivity contribution in [3.63, 3.8) is 0 Å². The van der Waals surface area contributed by atoms with Crippen LogP contribution in [0, 0.1) is 0 Å². The highest BCUT2D eigenvalue weighted by Gasteiger charge is 2.05. The highest BCUT2D eigenvalue weighted by Crippen LogP contribution is 2.29. The third-order valence-corrected chi connectivity index (χ3v) is 1.60. The van der Waals surface area contributed by atoms with Crippen LogP contribution in [-0.4, -0.2) is 19.1 Å². The molecule has 0 spiro atoms. The summed E-state index contributed by atoms with van der Waals surface area (Å²) in [5.74, 6) is 1.23. The van der Waals surface area contributed by atoms with E-state index in [0.717, 1.165) is 0 Å². The lowest BCUT2D eigenvalue weighted by molar-refractivity contribution is 0.415. The van der Waals surface area contributed by atoms with E-state index in [4.69, 9.17) is 16.3 Å². The van der Waals surface area contributed by atoms with Gasteiger partial charge in [0, 0.05) is 13.2 Å². The molecule has 1 N–H and O–H groups in total. The maximum atomic E-state index is 5.80. The molecule has 1 heterocycles. The molecule has 0 atom stereocenters. The summed E-state index contributed by atoms with van der Waals surface area (Å²) in [5.41, 5.74) is 0. The topological polar surface area (TPSA) is 34.2 Å². The zero-order valence-corrected chi connectivity index (χ0v) is 7.14. The summed E-state index contributed by atoms with van der Waals surface area (Å²) in [6, 6.07) is 1.68. The van der Waals surface area contributed by atoms with Gasteiger partial charge in [-0.2, -0.15) is 0 Å². The Balaban J connectivity index is 3.13. The van der Waals surface area contributed by atoms with Gasteiger partial charge in [-0.15, -0.1) is 0 Å². The number of anilines is 1. The summed E-state index contributed by atoms with van der Waals surface area (Å²) >= 11 is 5.80. The van der Waals surface area contributed by atoms with Crippen LogP contribution in [0.5, 0.6) is 5.75 Å². The number of pyridine rings is 1.